The maximum Gasteiger partial charge on any atom is 0.573 e. The lowest BCUT2D eigenvalue weighted by Gasteiger charge is -2.12. The molecule has 0 fully saturated rings. The van der Waals surface area contributed by atoms with Gasteiger partial charge in [-0.3, -0.25) is 0 Å². The molecule has 0 aromatic carbocycles. The molecule has 1 aromatic heterocycles. The average Bonchev–Trinajstić information content (AvgIpc) is 2.10. The van der Waals surface area contributed by atoms with E-state index in [0.717, 1.165) is 0 Å². The van der Waals surface area contributed by atoms with Gasteiger partial charge in [-0.05, 0) is 0 Å². The highest BCUT2D eigenvalue weighted by Gasteiger charge is 2.35. The predicted molar refractivity (Wildman–Crippen MR) is 40.2 cm³/mol. The third-order valence-electron chi connectivity index (χ3n) is 1.48. The quantitative estimate of drug-likeness (QED) is 0.816. The summed E-state index contributed by atoms with van der Waals surface area (Å²) in [6.07, 6.45) is -8.21. The number of halogens is 6. The van der Waals surface area contributed by atoms with E-state index in [1.807, 2.05) is 0 Å². The van der Waals surface area contributed by atoms with E-state index in [2.05, 4.69) is 9.72 Å². The Morgan fingerprint density at radius 2 is 1.88 bits per heavy atom. The zero-order valence-corrected chi connectivity index (χ0v) is 7.36. The number of alkyl halides is 5. The van der Waals surface area contributed by atoms with Gasteiger partial charge in [0, 0.05) is 6.20 Å². The molecule has 1 aromatic rings. The Labute approximate surface area is 84.8 Å². The Balaban J connectivity index is 3.21. The Hall–Kier alpha value is -1.67. The number of aromatic nitrogens is 1. The number of ether oxygens (including phenoxy) is 1. The Bertz CT molecular complexity index is 391. The fourth-order valence-corrected chi connectivity index (χ4v) is 0.863. The number of hydrogen-bond acceptors (Lipinski definition) is 3. The van der Waals surface area contributed by atoms with Crippen LogP contribution in [0.4, 0.5) is 32.2 Å². The molecule has 0 aliphatic rings. The van der Waals surface area contributed by atoms with Crippen molar-refractivity contribution in [2.24, 2.45) is 0 Å². The van der Waals surface area contributed by atoms with Crippen molar-refractivity contribution in [3.8, 4) is 5.75 Å². The fourth-order valence-electron chi connectivity index (χ4n) is 0.863. The van der Waals surface area contributed by atoms with Crippen LogP contribution in [0.25, 0.3) is 0 Å². The number of anilines is 1. The molecule has 1 rings (SSSR count). The van der Waals surface area contributed by atoms with E-state index in [1.54, 1.807) is 0 Å². The summed E-state index contributed by atoms with van der Waals surface area (Å²) in [4.78, 5) is 2.98. The number of pyridine rings is 1. The summed E-state index contributed by atoms with van der Waals surface area (Å²) in [7, 11) is 0. The molecule has 0 aliphatic carbocycles. The third-order valence-corrected chi connectivity index (χ3v) is 1.48. The van der Waals surface area contributed by atoms with Crippen molar-refractivity contribution in [1.29, 1.82) is 0 Å². The van der Waals surface area contributed by atoms with Gasteiger partial charge in [-0.1, -0.05) is 0 Å². The first-order valence-electron chi connectivity index (χ1n) is 3.70. The minimum Gasteiger partial charge on any atom is -0.399 e. The lowest BCUT2D eigenvalue weighted by atomic mass is 10.2. The van der Waals surface area contributed by atoms with Gasteiger partial charge < -0.3 is 10.5 Å². The maximum atomic E-state index is 13.1. The number of hydrogen-bond donors (Lipinski definition) is 1. The lowest BCUT2D eigenvalue weighted by molar-refractivity contribution is -0.275. The van der Waals surface area contributed by atoms with Crippen molar-refractivity contribution in [2.45, 2.75) is 12.8 Å². The second-order valence-electron chi connectivity index (χ2n) is 2.59. The normalized spacial score (nSPS) is 11.9. The van der Waals surface area contributed by atoms with E-state index in [1.165, 1.54) is 0 Å². The van der Waals surface area contributed by atoms with Crippen molar-refractivity contribution >= 4 is 5.82 Å². The van der Waals surface area contributed by atoms with E-state index >= 15 is 0 Å². The van der Waals surface area contributed by atoms with E-state index in [9.17, 15) is 26.3 Å². The topological polar surface area (TPSA) is 48.1 Å². The molecule has 0 saturated heterocycles. The van der Waals surface area contributed by atoms with Gasteiger partial charge in [-0.2, -0.15) is 0 Å². The van der Waals surface area contributed by atoms with Crippen LogP contribution in [0.15, 0.2) is 6.20 Å². The smallest absolute Gasteiger partial charge is 0.399 e. The molecule has 9 heteroatoms. The molecular formula is C7H4F6N2O. The summed E-state index contributed by atoms with van der Waals surface area (Å²) >= 11 is 0. The first-order chi connectivity index (χ1) is 7.22. The van der Waals surface area contributed by atoms with Crippen LogP contribution in [0.1, 0.15) is 12.0 Å². The van der Waals surface area contributed by atoms with E-state index < -0.39 is 35.7 Å². The van der Waals surface area contributed by atoms with Gasteiger partial charge >= 0.3 is 6.36 Å². The molecule has 0 radical (unpaired) electrons. The SMILES string of the molecule is Nc1ncc(C(F)F)c(F)c1OC(F)(F)F. The number of nitrogens with two attached hydrogens (primary N) is 1. The lowest BCUT2D eigenvalue weighted by Crippen LogP contribution is -2.20. The second kappa shape index (κ2) is 4.06. The van der Waals surface area contributed by atoms with Crippen LogP contribution < -0.4 is 10.5 Å². The van der Waals surface area contributed by atoms with Crippen LogP contribution in [0.5, 0.6) is 5.75 Å². The molecule has 0 bridgehead atoms. The first-order valence-corrected chi connectivity index (χ1v) is 3.70. The highest BCUT2D eigenvalue weighted by Crippen LogP contribution is 2.34. The van der Waals surface area contributed by atoms with Crippen molar-refractivity contribution in [2.75, 3.05) is 5.73 Å². The van der Waals surface area contributed by atoms with Crippen molar-refractivity contribution in [1.82, 2.24) is 4.98 Å². The van der Waals surface area contributed by atoms with Gasteiger partial charge in [0.25, 0.3) is 6.43 Å². The van der Waals surface area contributed by atoms with Crippen molar-refractivity contribution in [3.63, 3.8) is 0 Å². The standard InChI is InChI=1S/C7H4F6N2O/c8-3-2(5(9)10)1-15-6(14)4(3)16-7(11,12)13/h1,5H,(H2,14,15). The fraction of sp³-hybridized carbons (Fsp3) is 0.286. The molecule has 0 amide bonds. The summed E-state index contributed by atoms with van der Waals surface area (Å²) in [5.41, 5.74) is 3.56. The molecule has 0 unspecified atom stereocenters. The molecule has 2 N–H and O–H groups in total. The van der Waals surface area contributed by atoms with Gasteiger partial charge in [-0.15, -0.1) is 13.2 Å². The Kier molecular flexibility index (Phi) is 3.15. The zero-order chi connectivity index (χ0) is 12.5. The molecule has 0 atom stereocenters. The van der Waals surface area contributed by atoms with Gasteiger partial charge in [0.15, 0.2) is 11.6 Å². The molecule has 16 heavy (non-hydrogen) atoms. The predicted octanol–water partition coefficient (Wildman–Crippen LogP) is 2.64. The highest BCUT2D eigenvalue weighted by molar-refractivity contribution is 5.48. The number of nitrogen functional groups attached to an aromatic ring is 1. The van der Waals surface area contributed by atoms with E-state index in [-0.39, 0.29) is 0 Å². The number of rotatable bonds is 2. The van der Waals surface area contributed by atoms with Crippen LogP contribution in [0.3, 0.4) is 0 Å². The molecule has 90 valence electrons. The second-order valence-corrected chi connectivity index (χ2v) is 2.59. The van der Waals surface area contributed by atoms with Crippen molar-refractivity contribution < 1.29 is 31.1 Å². The van der Waals surface area contributed by atoms with Gasteiger partial charge in [0.1, 0.15) is 0 Å². The molecule has 0 aliphatic heterocycles. The third kappa shape index (κ3) is 2.67. The summed E-state index contributed by atoms with van der Waals surface area (Å²) in [6, 6.07) is 0. The number of nitrogens with zero attached hydrogens (tertiary/aromatic N) is 1. The van der Waals surface area contributed by atoms with Gasteiger partial charge in [0.05, 0.1) is 5.56 Å². The van der Waals surface area contributed by atoms with Crippen molar-refractivity contribution in [3.05, 3.63) is 17.6 Å². The van der Waals surface area contributed by atoms with Crippen LogP contribution in [-0.2, 0) is 0 Å². The molecule has 3 nitrogen and oxygen atoms in total. The summed E-state index contributed by atoms with van der Waals surface area (Å²) in [5.74, 6) is -4.38. The van der Waals surface area contributed by atoms with E-state index in [0.29, 0.717) is 6.20 Å². The van der Waals surface area contributed by atoms with Crippen LogP contribution >= 0.6 is 0 Å². The summed E-state index contributed by atoms with van der Waals surface area (Å²) in [5, 5.41) is 0. The minimum atomic E-state index is -5.24. The van der Waals surface area contributed by atoms with E-state index in [4.69, 9.17) is 5.73 Å². The van der Waals surface area contributed by atoms with Crippen LogP contribution in [0.2, 0.25) is 0 Å². The Morgan fingerprint density at radius 3 is 2.31 bits per heavy atom. The average molecular weight is 246 g/mol. The summed E-state index contributed by atoms with van der Waals surface area (Å²) < 4.78 is 75.8. The first kappa shape index (κ1) is 12.4. The summed E-state index contributed by atoms with van der Waals surface area (Å²) in [6.45, 7) is 0. The van der Waals surface area contributed by atoms with Gasteiger partial charge in [0.2, 0.25) is 5.75 Å². The van der Waals surface area contributed by atoms with Gasteiger partial charge in [-0.25, -0.2) is 18.2 Å². The molecular weight excluding hydrogens is 242 g/mol. The monoisotopic (exact) mass is 246 g/mol. The molecule has 0 spiro atoms. The minimum absolute atomic E-state index is 0.346. The zero-order valence-electron chi connectivity index (χ0n) is 7.36. The van der Waals surface area contributed by atoms with Crippen LogP contribution in [-0.4, -0.2) is 11.3 Å². The maximum absolute atomic E-state index is 13.1. The molecule has 1 heterocycles. The largest absolute Gasteiger partial charge is 0.573 e. The van der Waals surface area contributed by atoms with Crippen LogP contribution in [0, 0.1) is 5.82 Å². The highest BCUT2D eigenvalue weighted by atomic mass is 19.4. The molecule has 0 saturated carbocycles. The Morgan fingerprint density at radius 1 is 1.31 bits per heavy atom.